The number of hydrogen-bond acceptors (Lipinski definition) is 4. The van der Waals surface area contributed by atoms with E-state index in [0.717, 1.165) is 28.1 Å². The van der Waals surface area contributed by atoms with Crippen molar-refractivity contribution in [3.63, 3.8) is 0 Å². The SMILES string of the molecule is O=C1Nc2cc(/C=C/CCC(=O)c3cccn(Cc4ccncc4)c3=O)ccc2/C1=C/c1ccc[nH]1. The Morgan fingerprint density at radius 1 is 1.03 bits per heavy atom. The topological polar surface area (TPSA) is 96.8 Å². The summed E-state index contributed by atoms with van der Waals surface area (Å²) in [4.78, 5) is 45.0. The Bertz CT molecular complexity index is 1530. The Morgan fingerprint density at radius 3 is 2.69 bits per heavy atom. The summed E-state index contributed by atoms with van der Waals surface area (Å²) in [7, 11) is 0. The highest BCUT2D eigenvalue weighted by molar-refractivity contribution is 6.34. The highest BCUT2D eigenvalue weighted by Crippen LogP contribution is 2.34. The highest BCUT2D eigenvalue weighted by atomic mass is 16.2. The van der Waals surface area contributed by atoms with Crippen molar-refractivity contribution in [1.29, 1.82) is 0 Å². The first-order valence-electron chi connectivity index (χ1n) is 11.7. The number of carbonyl (C=O) groups is 2. The number of carbonyl (C=O) groups excluding carboxylic acids is 2. The molecule has 4 aromatic rings. The van der Waals surface area contributed by atoms with Gasteiger partial charge >= 0.3 is 0 Å². The number of pyridine rings is 2. The van der Waals surface area contributed by atoms with Crippen molar-refractivity contribution in [3.8, 4) is 0 Å². The maximum Gasteiger partial charge on any atom is 0.261 e. The van der Waals surface area contributed by atoms with Crippen LogP contribution >= 0.6 is 0 Å². The number of rotatable bonds is 8. The largest absolute Gasteiger partial charge is 0.362 e. The fourth-order valence-electron chi connectivity index (χ4n) is 4.18. The first kappa shape index (κ1) is 23.0. The van der Waals surface area contributed by atoms with Gasteiger partial charge in [0.25, 0.3) is 11.5 Å². The Labute approximate surface area is 207 Å². The second-order valence-corrected chi connectivity index (χ2v) is 8.52. The Kier molecular flexibility index (Phi) is 6.53. The molecule has 0 saturated carbocycles. The summed E-state index contributed by atoms with van der Waals surface area (Å²) in [5.41, 5.74) is 4.86. The molecule has 0 aliphatic carbocycles. The second kappa shape index (κ2) is 10.2. The molecule has 1 amide bonds. The van der Waals surface area contributed by atoms with Gasteiger partial charge in [-0.25, -0.2) is 0 Å². The number of H-pyrrole nitrogens is 1. The van der Waals surface area contributed by atoms with Crippen molar-refractivity contribution in [3.05, 3.63) is 124 Å². The molecule has 7 nitrogen and oxygen atoms in total. The first-order valence-corrected chi connectivity index (χ1v) is 11.7. The predicted octanol–water partition coefficient (Wildman–Crippen LogP) is 4.79. The number of amides is 1. The van der Waals surface area contributed by atoms with Crippen molar-refractivity contribution < 1.29 is 9.59 Å². The highest BCUT2D eigenvalue weighted by Gasteiger charge is 2.24. The average molecular weight is 477 g/mol. The molecule has 0 unspecified atom stereocenters. The molecule has 3 aromatic heterocycles. The van der Waals surface area contributed by atoms with Gasteiger partial charge in [0, 0.05) is 48.2 Å². The van der Waals surface area contributed by atoms with Gasteiger partial charge in [-0.05, 0) is 66.1 Å². The smallest absolute Gasteiger partial charge is 0.261 e. The standard InChI is InChI=1S/C29H24N4O3/c34-27(24-7-4-16-33(29(24)36)19-21-11-14-30-15-12-21)8-2-1-5-20-9-10-23-25(18-22-6-3-13-31-22)28(35)32-26(23)17-20/h1,3-7,9-18,31H,2,8,19H2,(H,32,35)/b5-1+,25-18-. The van der Waals surface area contributed by atoms with Crippen LogP contribution in [0.1, 0.15) is 45.6 Å². The molecule has 1 aliphatic heterocycles. The fourth-order valence-corrected chi connectivity index (χ4v) is 4.18. The van der Waals surface area contributed by atoms with Crippen molar-refractivity contribution >= 4 is 35.1 Å². The van der Waals surface area contributed by atoms with Gasteiger partial charge in [0.1, 0.15) is 0 Å². The summed E-state index contributed by atoms with van der Waals surface area (Å²) in [5.74, 6) is -0.321. The van der Waals surface area contributed by atoms with Gasteiger partial charge in [-0.2, -0.15) is 0 Å². The number of hydrogen-bond donors (Lipinski definition) is 2. The predicted molar refractivity (Wildman–Crippen MR) is 140 cm³/mol. The van der Waals surface area contributed by atoms with E-state index in [1.54, 1.807) is 30.7 Å². The third kappa shape index (κ3) is 5.00. The van der Waals surface area contributed by atoms with E-state index in [1.165, 1.54) is 4.57 Å². The van der Waals surface area contributed by atoms with Crippen molar-refractivity contribution in [2.24, 2.45) is 0 Å². The van der Waals surface area contributed by atoms with Gasteiger partial charge < -0.3 is 14.9 Å². The van der Waals surface area contributed by atoms with Crippen LogP contribution in [-0.4, -0.2) is 26.2 Å². The molecule has 4 heterocycles. The number of Topliss-reactive ketones (excluding diaryl/α,β-unsaturated/α-hetero) is 1. The van der Waals surface area contributed by atoms with E-state index in [2.05, 4.69) is 15.3 Å². The van der Waals surface area contributed by atoms with Crippen LogP contribution in [-0.2, 0) is 11.3 Å². The minimum atomic E-state index is -0.291. The number of nitrogens with one attached hydrogen (secondary N) is 2. The van der Waals surface area contributed by atoms with Crippen molar-refractivity contribution in [2.75, 3.05) is 5.32 Å². The number of anilines is 1. The van der Waals surface area contributed by atoms with E-state index < -0.39 is 0 Å². The molecule has 178 valence electrons. The lowest BCUT2D eigenvalue weighted by atomic mass is 10.0. The van der Waals surface area contributed by atoms with Gasteiger partial charge in [-0.1, -0.05) is 24.3 Å². The molecular formula is C29H24N4O3. The molecule has 36 heavy (non-hydrogen) atoms. The van der Waals surface area contributed by atoms with Crippen molar-refractivity contribution in [1.82, 2.24) is 14.5 Å². The van der Waals surface area contributed by atoms with E-state index >= 15 is 0 Å². The zero-order chi connectivity index (χ0) is 24.9. The van der Waals surface area contributed by atoms with Crippen molar-refractivity contribution in [2.45, 2.75) is 19.4 Å². The summed E-state index contributed by atoms with van der Waals surface area (Å²) in [6.07, 6.45) is 13.2. The van der Waals surface area contributed by atoms with E-state index in [-0.39, 0.29) is 29.2 Å². The number of aromatic amines is 1. The Balaban J connectivity index is 1.22. The zero-order valence-corrected chi connectivity index (χ0v) is 19.5. The summed E-state index contributed by atoms with van der Waals surface area (Å²) >= 11 is 0. The molecule has 1 aromatic carbocycles. The summed E-state index contributed by atoms with van der Waals surface area (Å²) in [6, 6.07) is 16.6. The fraction of sp³-hybridized carbons (Fsp3) is 0.103. The van der Waals surface area contributed by atoms with Gasteiger partial charge in [0.05, 0.1) is 17.7 Å². The van der Waals surface area contributed by atoms with Gasteiger partial charge in [0.15, 0.2) is 5.78 Å². The third-order valence-electron chi connectivity index (χ3n) is 6.02. The maximum atomic E-state index is 12.8. The second-order valence-electron chi connectivity index (χ2n) is 8.52. The average Bonchev–Trinajstić information content (AvgIpc) is 3.51. The van der Waals surface area contributed by atoms with Crippen LogP contribution in [0.4, 0.5) is 5.69 Å². The molecule has 1 aliphatic rings. The summed E-state index contributed by atoms with van der Waals surface area (Å²) in [5, 5.41) is 2.91. The van der Waals surface area contributed by atoms with Crippen LogP contribution in [0.2, 0.25) is 0 Å². The Hall–Kier alpha value is -4.78. The van der Waals surface area contributed by atoms with Crippen LogP contribution in [0.3, 0.4) is 0 Å². The normalized spacial score (nSPS) is 13.8. The lowest BCUT2D eigenvalue weighted by Gasteiger charge is -2.07. The molecule has 5 rings (SSSR count). The van der Waals surface area contributed by atoms with E-state index in [1.807, 2.05) is 66.9 Å². The molecule has 0 fully saturated rings. The number of aromatic nitrogens is 3. The van der Waals surface area contributed by atoms with Gasteiger partial charge in [-0.3, -0.25) is 19.4 Å². The van der Waals surface area contributed by atoms with E-state index in [4.69, 9.17) is 0 Å². The van der Waals surface area contributed by atoms with Gasteiger partial charge in [-0.15, -0.1) is 0 Å². The number of ketones is 1. The summed E-state index contributed by atoms with van der Waals surface area (Å²) < 4.78 is 1.54. The molecule has 2 N–H and O–H groups in total. The lowest BCUT2D eigenvalue weighted by Crippen LogP contribution is -2.26. The maximum absolute atomic E-state index is 12.8. The quantitative estimate of drug-likeness (QED) is 0.282. The Morgan fingerprint density at radius 2 is 1.89 bits per heavy atom. The molecule has 0 atom stereocenters. The molecule has 0 spiro atoms. The lowest BCUT2D eigenvalue weighted by molar-refractivity contribution is -0.110. The van der Waals surface area contributed by atoms with Crippen LogP contribution < -0.4 is 10.9 Å². The minimum Gasteiger partial charge on any atom is -0.362 e. The first-order chi connectivity index (χ1) is 17.6. The number of nitrogens with zero attached hydrogens (tertiary/aromatic N) is 2. The molecule has 7 heteroatoms. The molecule has 0 radical (unpaired) electrons. The van der Waals surface area contributed by atoms with Crippen LogP contribution in [0.5, 0.6) is 0 Å². The minimum absolute atomic E-state index is 0.135. The molecule has 0 bridgehead atoms. The third-order valence-corrected chi connectivity index (χ3v) is 6.02. The van der Waals surface area contributed by atoms with Crippen LogP contribution in [0.25, 0.3) is 17.7 Å². The number of fused-ring (bicyclic) bond motifs is 1. The number of allylic oxidation sites excluding steroid dienone is 1. The number of benzene rings is 1. The molecular weight excluding hydrogens is 452 g/mol. The van der Waals surface area contributed by atoms with Crippen LogP contribution in [0.15, 0.2) is 90.3 Å². The van der Waals surface area contributed by atoms with E-state index in [9.17, 15) is 14.4 Å². The summed E-state index contributed by atoms with van der Waals surface area (Å²) in [6.45, 7) is 0.388. The van der Waals surface area contributed by atoms with Crippen LogP contribution in [0, 0.1) is 0 Å². The van der Waals surface area contributed by atoms with E-state index in [0.29, 0.717) is 18.5 Å². The van der Waals surface area contributed by atoms with Gasteiger partial charge in [0.2, 0.25) is 0 Å². The molecule has 0 saturated heterocycles. The monoisotopic (exact) mass is 476 g/mol. The zero-order valence-electron chi connectivity index (χ0n) is 19.5.